The first-order valence-electron chi connectivity index (χ1n) is 12.7. The summed E-state index contributed by atoms with van der Waals surface area (Å²) < 4.78 is 46.3. The fourth-order valence-corrected chi connectivity index (χ4v) is 6.91. The van der Waals surface area contributed by atoms with Crippen molar-refractivity contribution in [3.8, 4) is 0 Å². The van der Waals surface area contributed by atoms with Crippen molar-refractivity contribution >= 4 is 17.7 Å². The largest absolute Gasteiger partial charge is 0.416 e. The molecule has 1 amide bonds. The van der Waals surface area contributed by atoms with Crippen molar-refractivity contribution in [1.82, 2.24) is 10.2 Å². The summed E-state index contributed by atoms with van der Waals surface area (Å²) in [5.74, 6) is 0.570. The zero-order chi connectivity index (χ0) is 25.2. The van der Waals surface area contributed by atoms with E-state index in [1.807, 2.05) is 0 Å². The van der Waals surface area contributed by atoms with E-state index in [0.717, 1.165) is 50.9 Å². The summed E-state index contributed by atoms with van der Waals surface area (Å²) in [5.41, 5.74) is 0.278. The molecule has 2 N–H and O–H groups in total. The van der Waals surface area contributed by atoms with Crippen LogP contribution in [0.25, 0.3) is 0 Å². The van der Waals surface area contributed by atoms with Gasteiger partial charge in [0.25, 0.3) is 0 Å². The maximum atomic E-state index is 14.0. The smallest absolute Gasteiger partial charge is 0.396 e. The average Bonchev–Trinajstić information content (AvgIpc) is 3.26. The van der Waals surface area contributed by atoms with Gasteiger partial charge in [-0.1, -0.05) is 13.8 Å². The molecular formula is C26H37F3N2O3S. The molecule has 1 aromatic carbocycles. The zero-order valence-corrected chi connectivity index (χ0v) is 21.4. The lowest BCUT2D eigenvalue weighted by molar-refractivity contribution is -0.146. The first-order chi connectivity index (χ1) is 16.6. The molecule has 2 fully saturated rings. The molecule has 0 bridgehead atoms. The van der Waals surface area contributed by atoms with E-state index in [1.165, 1.54) is 23.9 Å². The normalized spacial score (nSPS) is 25.8. The number of fused-ring (bicyclic) bond motifs is 1. The maximum absolute atomic E-state index is 14.0. The van der Waals surface area contributed by atoms with Gasteiger partial charge in [-0.25, -0.2) is 0 Å². The molecule has 5 nitrogen and oxygen atoms in total. The molecule has 9 heteroatoms. The van der Waals surface area contributed by atoms with Gasteiger partial charge in [0.05, 0.1) is 17.6 Å². The average molecular weight is 515 g/mol. The van der Waals surface area contributed by atoms with Crippen molar-refractivity contribution in [2.75, 3.05) is 32.1 Å². The number of rotatable bonds is 7. The third kappa shape index (κ3) is 5.84. The third-order valence-corrected chi connectivity index (χ3v) is 9.09. The van der Waals surface area contributed by atoms with Crippen LogP contribution in [0, 0.1) is 11.3 Å². The van der Waals surface area contributed by atoms with Gasteiger partial charge in [0.1, 0.15) is 0 Å². The highest BCUT2D eigenvalue weighted by atomic mass is 32.2. The molecule has 0 aromatic heterocycles. The molecule has 1 saturated carbocycles. The van der Waals surface area contributed by atoms with E-state index < -0.39 is 17.2 Å². The number of halogens is 3. The van der Waals surface area contributed by atoms with Crippen LogP contribution in [-0.4, -0.2) is 60.1 Å². The quantitative estimate of drug-likeness (QED) is 0.520. The predicted octanol–water partition coefficient (Wildman–Crippen LogP) is 4.64. The number of nitrogens with one attached hydrogen (secondary N) is 1. The van der Waals surface area contributed by atoms with E-state index in [0.29, 0.717) is 35.2 Å². The van der Waals surface area contributed by atoms with E-state index in [2.05, 4.69) is 19.2 Å². The van der Waals surface area contributed by atoms with Crippen molar-refractivity contribution < 1.29 is 27.8 Å². The summed E-state index contributed by atoms with van der Waals surface area (Å²) in [4.78, 5) is 16.3. The number of aliphatic hydroxyl groups is 1. The predicted molar refractivity (Wildman–Crippen MR) is 130 cm³/mol. The lowest BCUT2D eigenvalue weighted by Crippen LogP contribution is -2.49. The molecule has 0 radical (unpaired) electrons. The van der Waals surface area contributed by atoms with Gasteiger partial charge in [0.15, 0.2) is 0 Å². The summed E-state index contributed by atoms with van der Waals surface area (Å²) >= 11 is 1.25. The van der Waals surface area contributed by atoms with Crippen LogP contribution < -0.4 is 5.32 Å². The van der Waals surface area contributed by atoms with Gasteiger partial charge in [0.2, 0.25) is 5.91 Å². The Morgan fingerprint density at radius 2 is 2.00 bits per heavy atom. The van der Waals surface area contributed by atoms with Crippen LogP contribution in [0.2, 0.25) is 0 Å². The summed E-state index contributed by atoms with van der Waals surface area (Å²) in [6.07, 6.45) is 0.555. The van der Waals surface area contributed by atoms with Gasteiger partial charge < -0.3 is 20.1 Å². The van der Waals surface area contributed by atoms with Crippen molar-refractivity contribution in [1.29, 1.82) is 0 Å². The van der Waals surface area contributed by atoms with Crippen LogP contribution >= 0.6 is 11.8 Å². The zero-order valence-electron chi connectivity index (χ0n) is 20.6. The molecule has 196 valence electrons. The Balaban J connectivity index is 1.53. The van der Waals surface area contributed by atoms with Crippen LogP contribution in [0.3, 0.4) is 0 Å². The first kappa shape index (κ1) is 26.8. The van der Waals surface area contributed by atoms with Crippen LogP contribution in [0.15, 0.2) is 17.0 Å². The highest BCUT2D eigenvalue weighted by molar-refractivity contribution is 7.99. The van der Waals surface area contributed by atoms with Crippen molar-refractivity contribution in [2.45, 2.75) is 82.1 Å². The molecule has 4 rings (SSSR count). The Kier molecular flexibility index (Phi) is 8.40. The Bertz CT molecular complexity index is 905. The fraction of sp³-hybridized carbons (Fsp3) is 0.731. The number of benzene rings is 1. The number of ether oxygens (including phenoxy) is 1. The number of hydrogen-bond acceptors (Lipinski definition) is 5. The highest BCUT2D eigenvalue weighted by Gasteiger charge is 2.50. The maximum Gasteiger partial charge on any atom is 0.416 e. The Hall–Kier alpha value is -1.29. The number of hydrogen-bond donors (Lipinski definition) is 2. The van der Waals surface area contributed by atoms with Crippen molar-refractivity contribution in [3.63, 3.8) is 0 Å². The number of thioether (sulfide) groups is 1. The second-order valence-electron chi connectivity index (χ2n) is 10.5. The lowest BCUT2D eigenvalue weighted by Gasteiger charge is -2.40. The van der Waals surface area contributed by atoms with Crippen molar-refractivity contribution in [3.05, 3.63) is 28.8 Å². The van der Waals surface area contributed by atoms with Gasteiger partial charge in [0, 0.05) is 49.0 Å². The SMILES string of the molecule is CC(C)[C@]1(C(=O)N2CCc3c(cc(C(F)(F)F)cc3SCCO)C2)CC[C@@H](NC2CCOCC2)C1. The molecule has 2 heterocycles. The topological polar surface area (TPSA) is 61.8 Å². The molecule has 0 spiro atoms. The number of nitrogens with zero attached hydrogens (tertiary/aromatic N) is 1. The minimum absolute atomic E-state index is 0.0800. The molecule has 1 aliphatic carbocycles. The Morgan fingerprint density at radius 1 is 1.26 bits per heavy atom. The lowest BCUT2D eigenvalue weighted by atomic mass is 9.73. The monoisotopic (exact) mass is 514 g/mol. The standard InChI is InChI=1S/C26H37F3N2O3S/c1-17(2)25(7-3-21(15-25)30-20-5-10-34-11-6-20)24(33)31-8-4-22-18(16-31)13-19(26(27,28)29)14-23(22)35-12-9-32/h13-14,17,20-21,30,32H,3-12,15-16H2,1-2H3/t21-,25+/m1/s1. The summed E-state index contributed by atoms with van der Waals surface area (Å²) in [7, 11) is 0. The minimum Gasteiger partial charge on any atom is -0.396 e. The molecule has 35 heavy (non-hydrogen) atoms. The van der Waals surface area contributed by atoms with Gasteiger partial charge >= 0.3 is 6.18 Å². The number of carbonyl (C=O) groups is 1. The Labute approximate surface area is 210 Å². The molecule has 1 saturated heterocycles. The molecule has 2 aliphatic heterocycles. The van der Waals surface area contributed by atoms with E-state index in [-0.39, 0.29) is 31.0 Å². The Morgan fingerprint density at radius 3 is 2.66 bits per heavy atom. The number of amides is 1. The van der Waals surface area contributed by atoms with E-state index in [1.54, 1.807) is 4.90 Å². The van der Waals surface area contributed by atoms with Crippen LogP contribution in [0.5, 0.6) is 0 Å². The van der Waals surface area contributed by atoms with Gasteiger partial charge in [-0.2, -0.15) is 13.2 Å². The number of alkyl halides is 3. The van der Waals surface area contributed by atoms with E-state index in [9.17, 15) is 23.1 Å². The molecular weight excluding hydrogens is 477 g/mol. The molecule has 2 atom stereocenters. The third-order valence-electron chi connectivity index (χ3n) is 8.03. The van der Waals surface area contributed by atoms with E-state index in [4.69, 9.17) is 4.74 Å². The number of aliphatic hydroxyl groups excluding tert-OH is 1. The summed E-state index contributed by atoms with van der Waals surface area (Å²) in [6.45, 7) is 6.35. The van der Waals surface area contributed by atoms with Gasteiger partial charge in [-0.3, -0.25) is 4.79 Å². The van der Waals surface area contributed by atoms with Crippen LogP contribution in [0.1, 0.15) is 62.6 Å². The summed E-state index contributed by atoms with van der Waals surface area (Å²) in [5, 5.41) is 12.9. The van der Waals surface area contributed by atoms with Gasteiger partial charge in [-0.15, -0.1) is 11.8 Å². The summed E-state index contributed by atoms with van der Waals surface area (Å²) in [6, 6.07) is 3.10. The van der Waals surface area contributed by atoms with Crippen molar-refractivity contribution in [2.24, 2.45) is 11.3 Å². The van der Waals surface area contributed by atoms with Crippen LogP contribution in [-0.2, 0) is 28.7 Å². The second kappa shape index (κ2) is 11.0. The van der Waals surface area contributed by atoms with E-state index >= 15 is 0 Å². The number of carbonyl (C=O) groups excluding carboxylic acids is 1. The first-order valence-corrected chi connectivity index (χ1v) is 13.7. The molecule has 1 aromatic rings. The minimum atomic E-state index is -4.45. The van der Waals surface area contributed by atoms with Crippen LogP contribution in [0.4, 0.5) is 13.2 Å². The molecule has 0 unspecified atom stereocenters. The molecule has 3 aliphatic rings. The fourth-order valence-electron chi connectivity index (χ4n) is 5.98. The second-order valence-corrected chi connectivity index (χ2v) is 11.6. The van der Waals surface area contributed by atoms with Gasteiger partial charge in [-0.05, 0) is 67.7 Å². The highest BCUT2D eigenvalue weighted by Crippen LogP contribution is 2.47.